The van der Waals surface area contributed by atoms with E-state index in [-0.39, 0.29) is 12.0 Å². The first kappa shape index (κ1) is 11.2. The fraction of sp³-hybridized carbons (Fsp3) is 0.727. The van der Waals surface area contributed by atoms with Crippen molar-refractivity contribution in [3.05, 3.63) is 12.7 Å². The van der Waals surface area contributed by atoms with Crippen molar-refractivity contribution < 1.29 is 9.90 Å². The molecule has 0 aromatic carbocycles. The molecule has 0 saturated carbocycles. The number of hydrogen-bond acceptors (Lipinski definition) is 2. The number of allylic oxidation sites excluding steroid dienone is 1. The summed E-state index contributed by atoms with van der Waals surface area (Å²) >= 11 is 0. The molecule has 1 rings (SSSR count). The normalized spacial score (nSPS) is 27.4. The molecule has 14 heavy (non-hydrogen) atoms. The van der Waals surface area contributed by atoms with E-state index in [4.69, 9.17) is 0 Å². The summed E-state index contributed by atoms with van der Waals surface area (Å²) in [7, 11) is 0. The molecule has 1 aliphatic rings. The van der Waals surface area contributed by atoms with Crippen molar-refractivity contribution in [2.45, 2.75) is 32.3 Å². The molecule has 0 aliphatic carbocycles. The van der Waals surface area contributed by atoms with Crippen LogP contribution < -0.4 is 0 Å². The van der Waals surface area contributed by atoms with Crippen LogP contribution in [0, 0.1) is 5.92 Å². The quantitative estimate of drug-likeness (QED) is 0.690. The van der Waals surface area contributed by atoms with Gasteiger partial charge in [0.05, 0.1) is 6.10 Å². The van der Waals surface area contributed by atoms with Crippen molar-refractivity contribution in [3.63, 3.8) is 0 Å². The van der Waals surface area contributed by atoms with Crippen molar-refractivity contribution in [1.82, 2.24) is 4.90 Å². The Kier molecular flexibility index (Phi) is 4.14. The highest BCUT2D eigenvalue weighted by atomic mass is 16.3. The zero-order valence-electron chi connectivity index (χ0n) is 8.78. The molecule has 1 saturated heterocycles. The minimum Gasteiger partial charge on any atom is -0.391 e. The maximum atomic E-state index is 11.6. The van der Waals surface area contributed by atoms with Crippen LogP contribution in [0.1, 0.15) is 26.2 Å². The second-order valence-corrected chi connectivity index (χ2v) is 4.00. The second kappa shape index (κ2) is 5.15. The second-order valence-electron chi connectivity index (χ2n) is 4.00. The maximum absolute atomic E-state index is 11.6. The molecular formula is C11H19NO2. The van der Waals surface area contributed by atoms with Crippen molar-refractivity contribution >= 4 is 5.91 Å². The van der Waals surface area contributed by atoms with Crippen molar-refractivity contribution in [3.8, 4) is 0 Å². The van der Waals surface area contributed by atoms with Crippen molar-refractivity contribution in [2.75, 3.05) is 13.1 Å². The molecule has 1 amide bonds. The molecule has 0 spiro atoms. The summed E-state index contributed by atoms with van der Waals surface area (Å²) in [6.07, 6.45) is 3.55. The molecular weight excluding hydrogens is 178 g/mol. The predicted octanol–water partition coefficient (Wildman–Crippen LogP) is 1.18. The molecule has 0 radical (unpaired) electrons. The van der Waals surface area contributed by atoms with Gasteiger partial charge >= 0.3 is 0 Å². The number of amides is 1. The van der Waals surface area contributed by atoms with E-state index in [0.29, 0.717) is 18.9 Å². The Morgan fingerprint density at radius 3 is 3.00 bits per heavy atom. The van der Waals surface area contributed by atoms with E-state index in [0.717, 1.165) is 19.4 Å². The van der Waals surface area contributed by atoms with E-state index in [9.17, 15) is 9.90 Å². The first-order valence-corrected chi connectivity index (χ1v) is 5.22. The first-order valence-electron chi connectivity index (χ1n) is 5.22. The highest BCUT2D eigenvalue weighted by molar-refractivity contribution is 5.76. The van der Waals surface area contributed by atoms with Gasteiger partial charge in [0.1, 0.15) is 0 Å². The third-order valence-corrected chi connectivity index (χ3v) is 2.83. The van der Waals surface area contributed by atoms with Crippen molar-refractivity contribution in [2.24, 2.45) is 5.92 Å². The summed E-state index contributed by atoms with van der Waals surface area (Å²) in [5.41, 5.74) is 0. The Balaban J connectivity index is 2.38. The Morgan fingerprint density at radius 2 is 2.43 bits per heavy atom. The highest BCUT2D eigenvalue weighted by Gasteiger charge is 2.26. The smallest absolute Gasteiger partial charge is 0.222 e. The molecule has 0 aromatic heterocycles. The number of likely N-dealkylation sites (tertiary alicyclic amines) is 1. The van der Waals surface area contributed by atoms with E-state index < -0.39 is 0 Å². The van der Waals surface area contributed by atoms with Crippen LogP contribution in [0.2, 0.25) is 0 Å². The molecule has 1 heterocycles. The van der Waals surface area contributed by atoms with E-state index >= 15 is 0 Å². The van der Waals surface area contributed by atoms with Gasteiger partial charge in [0.25, 0.3) is 0 Å². The molecule has 1 fully saturated rings. The molecule has 80 valence electrons. The molecule has 1 N–H and O–H groups in total. The molecule has 2 unspecified atom stereocenters. The summed E-state index contributed by atoms with van der Waals surface area (Å²) in [5.74, 6) is 0.453. The third kappa shape index (κ3) is 2.84. The van der Waals surface area contributed by atoms with E-state index in [1.165, 1.54) is 0 Å². The van der Waals surface area contributed by atoms with Crippen LogP contribution in [-0.2, 0) is 4.79 Å². The molecule has 3 heteroatoms. The fourth-order valence-corrected chi connectivity index (χ4v) is 1.66. The van der Waals surface area contributed by atoms with Gasteiger partial charge in [0.2, 0.25) is 5.91 Å². The Morgan fingerprint density at radius 1 is 1.71 bits per heavy atom. The van der Waals surface area contributed by atoms with Crippen LogP contribution in [-0.4, -0.2) is 35.1 Å². The topological polar surface area (TPSA) is 40.5 Å². The van der Waals surface area contributed by atoms with Gasteiger partial charge in [0, 0.05) is 19.5 Å². The number of hydrogen-bond donors (Lipinski definition) is 1. The lowest BCUT2D eigenvalue weighted by molar-refractivity contribution is -0.135. The number of carbonyl (C=O) groups is 1. The predicted molar refractivity (Wildman–Crippen MR) is 55.8 cm³/mol. The third-order valence-electron chi connectivity index (χ3n) is 2.83. The van der Waals surface area contributed by atoms with Crippen LogP contribution in [0.25, 0.3) is 0 Å². The lowest BCUT2D eigenvalue weighted by Gasteiger charge is -2.34. The SMILES string of the molecule is C=CCCC(=O)N1CCC(C)C(O)C1. The number of aliphatic hydroxyl groups excluding tert-OH is 1. The van der Waals surface area contributed by atoms with Gasteiger partial charge in [-0.25, -0.2) is 0 Å². The van der Waals surface area contributed by atoms with E-state index in [1.807, 2.05) is 6.92 Å². The summed E-state index contributed by atoms with van der Waals surface area (Å²) in [4.78, 5) is 13.3. The number of carbonyl (C=O) groups excluding carboxylic acids is 1. The van der Waals surface area contributed by atoms with Crippen LogP contribution in [0.3, 0.4) is 0 Å². The number of aliphatic hydroxyl groups is 1. The Hall–Kier alpha value is -0.830. The fourth-order valence-electron chi connectivity index (χ4n) is 1.66. The number of β-amino-alcohol motifs (C(OH)–C–C–N with tert-alkyl or cyclic N) is 1. The lowest BCUT2D eigenvalue weighted by atomic mass is 9.96. The average molecular weight is 197 g/mol. The van der Waals surface area contributed by atoms with Gasteiger partial charge in [-0.3, -0.25) is 4.79 Å². The molecule has 0 aromatic rings. The first-order chi connectivity index (χ1) is 6.65. The van der Waals surface area contributed by atoms with Gasteiger partial charge in [-0.1, -0.05) is 13.0 Å². The minimum absolute atomic E-state index is 0.135. The van der Waals surface area contributed by atoms with E-state index in [1.54, 1.807) is 11.0 Å². The van der Waals surface area contributed by atoms with Crippen LogP contribution in [0.15, 0.2) is 12.7 Å². The number of rotatable bonds is 3. The Labute approximate surface area is 85.4 Å². The molecule has 3 nitrogen and oxygen atoms in total. The largest absolute Gasteiger partial charge is 0.391 e. The molecule has 2 atom stereocenters. The van der Waals surface area contributed by atoms with Crippen LogP contribution in [0.4, 0.5) is 0 Å². The summed E-state index contributed by atoms with van der Waals surface area (Å²) in [5, 5.41) is 9.61. The number of piperidine rings is 1. The van der Waals surface area contributed by atoms with Gasteiger partial charge in [-0.05, 0) is 18.8 Å². The van der Waals surface area contributed by atoms with Crippen LogP contribution in [0.5, 0.6) is 0 Å². The number of nitrogens with zero attached hydrogens (tertiary/aromatic N) is 1. The zero-order valence-corrected chi connectivity index (χ0v) is 8.78. The zero-order chi connectivity index (χ0) is 10.6. The van der Waals surface area contributed by atoms with E-state index in [2.05, 4.69) is 6.58 Å². The van der Waals surface area contributed by atoms with Gasteiger partial charge in [-0.2, -0.15) is 0 Å². The maximum Gasteiger partial charge on any atom is 0.222 e. The van der Waals surface area contributed by atoms with Gasteiger partial charge in [-0.15, -0.1) is 6.58 Å². The monoisotopic (exact) mass is 197 g/mol. The van der Waals surface area contributed by atoms with Crippen molar-refractivity contribution in [1.29, 1.82) is 0 Å². The lowest BCUT2D eigenvalue weighted by Crippen LogP contribution is -2.45. The minimum atomic E-state index is -0.351. The standard InChI is InChI=1S/C11H19NO2/c1-3-4-5-11(14)12-7-6-9(2)10(13)8-12/h3,9-10,13H,1,4-8H2,2H3. The van der Waals surface area contributed by atoms with Gasteiger partial charge < -0.3 is 10.0 Å². The average Bonchev–Trinajstić information content (AvgIpc) is 2.18. The summed E-state index contributed by atoms with van der Waals surface area (Å²) < 4.78 is 0. The highest BCUT2D eigenvalue weighted by Crippen LogP contribution is 2.17. The summed E-state index contributed by atoms with van der Waals surface area (Å²) in [6.45, 7) is 6.89. The van der Waals surface area contributed by atoms with Crippen LogP contribution >= 0.6 is 0 Å². The molecule has 1 aliphatic heterocycles. The van der Waals surface area contributed by atoms with Gasteiger partial charge in [0.15, 0.2) is 0 Å². The summed E-state index contributed by atoms with van der Waals surface area (Å²) in [6, 6.07) is 0. The Bertz CT molecular complexity index is 215. The molecule has 0 bridgehead atoms.